The Labute approximate surface area is 161 Å². The Balaban J connectivity index is 1.85. The van der Waals surface area contributed by atoms with Crippen LogP contribution in [0.15, 0.2) is 52.5 Å². The van der Waals surface area contributed by atoms with Crippen molar-refractivity contribution in [1.29, 1.82) is 0 Å². The Kier molecular flexibility index (Phi) is 5.28. The zero-order chi connectivity index (χ0) is 19.6. The standard InChI is InChI=1S/C17H10FN3O4S2/c18-12-3-1-10(2-4-12)9-19-20-16(23)15(27-17(20)26)8-11-7-13(21(24)25)5-6-14(11)22/h1-9,22H/b15-8+,19-9+. The van der Waals surface area contributed by atoms with E-state index in [4.69, 9.17) is 12.2 Å². The number of nitrogens with zero attached hydrogens (tertiary/aromatic N) is 3. The number of thiocarbonyl (C=S) groups is 1. The van der Waals surface area contributed by atoms with E-state index >= 15 is 0 Å². The summed E-state index contributed by atoms with van der Waals surface area (Å²) in [6.07, 6.45) is 2.67. The molecule has 2 aromatic carbocycles. The molecular formula is C17H10FN3O4S2. The molecule has 1 saturated heterocycles. The molecule has 0 unspecified atom stereocenters. The minimum atomic E-state index is -0.602. The summed E-state index contributed by atoms with van der Waals surface area (Å²) in [4.78, 5) is 22.9. The Bertz CT molecular complexity index is 1010. The number of hydrogen-bond acceptors (Lipinski definition) is 7. The zero-order valence-electron chi connectivity index (χ0n) is 13.4. The van der Waals surface area contributed by atoms with Gasteiger partial charge < -0.3 is 5.11 Å². The third-order valence-corrected chi connectivity index (χ3v) is 4.76. The van der Waals surface area contributed by atoms with Crippen LogP contribution in [0.4, 0.5) is 10.1 Å². The Hall–Kier alpha value is -3.11. The van der Waals surface area contributed by atoms with Gasteiger partial charge in [-0.25, -0.2) is 4.39 Å². The van der Waals surface area contributed by atoms with Crippen molar-refractivity contribution in [1.82, 2.24) is 5.01 Å². The van der Waals surface area contributed by atoms with Gasteiger partial charge in [-0.15, -0.1) is 0 Å². The van der Waals surface area contributed by atoms with Crippen LogP contribution in [0.5, 0.6) is 5.75 Å². The smallest absolute Gasteiger partial charge is 0.286 e. The molecule has 7 nitrogen and oxygen atoms in total. The molecular weight excluding hydrogens is 393 g/mol. The fourth-order valence-electron chi connectivity index (χ4n) is 2.14. The van der Waals surface area contributed by atoms with Crippen LogP contribution in [-0.4, -0.2) is 31.5 Å². The topological polar surface area (TPSA) is 96.0 Å². The molecule has 1 aliphatic heterocycles. The molecule has 136 valence electrons. The van der Waals surface area contributed by atoms with Crippen molar-refractivity contribution in [2.45, 2.75) is 0 Å². The molecule has 27 heavy (non-hydrogen) atoms. The molecule has 3 rings (SSSR count). The fourth-order valence-corrected chi connectivity index (χ4v) is 3.31. The van der Waals surface area contributed by atoms with Gasteiger partial charge in [-0.05, 0) is 42.1 Å². The number of hydrazone groups is 1. The largest absolute Gasteiger partial charge is 0.507 e. The van der Waals surface area contributed by atoms with Gasteiger partial charge in [0.25, 0.3) is 11.6 Å². The lowest BCUT2D eigenvalue weighted by Gasteiger charge is -2.06. The third kappa shape index (κ3) is 4.18. The van der Waals surface area contributed by atoms with Crippen molar-refractivity contribution in [3.8, 4) is 5.75 Å². The number of carbonyl (C=O) groups is 1. The third-order valence-electron chi connectivity index (χ3n) is 3.47. The van der Waals surface area contributed by atoms with Gasteiger partial charge >= 0.3 is 0 Å². The van der Waals surface area contributed by atoms with Crippen LogP contribution in [-0.2, 0) is 4.79 Å². The van der Waals surface area contributed by atoms with Crippen LogP contribution in [0.3, 0.4) is 0 Å². The van der Waals surface area contributed by atoms with Crippen molar-refractivity contribution in [3.05, 3.63) is 74.4 Å². The molecule has 0 aromatic heterocycles. The number of carbonyl (C=O) groups excluding carboxylic acids is 1. The van der Waals surface area contributed by atoms with Crippen molar-refractivity contribution in [3.63, 3.8) is 0 Å². The number of phenolic OH excluding ortho intramolecular Hbond substituents is 1. The highest BCUT2D eigenvalue weighted by Gasteiger charge is 2.32. The first-order valence-electron chi connectivity index (χ1n) is 7.40. The van der Waals surface area contributed by atoms with Gasteiger partial charge in [-0.2, -0.15) is 10.1 Å². The lowest BCUT2D eigenvalue weighted by Crippen LogP contribution is -2.22. The second-order valence-electron chi connectivity index (χ2n) is 5.29. The Morgan fingerprint density at radius 3 is 2.63 bits per heavy atom. The van der Waals surface area contributed by atoms with Gasteiger partial charge in [0.1, 0.15) is 11.6 Å². The first-order chi connectivity index (χ1) is 12.8. The quantitative estimate of drug-likeness (QED) is 0.275. The van der Waals surface area contributed by atoms with Gasteiger partial charge in [0, 0.05) is 17.7 Å². The number of rotatable bonds is 4. The van der Waals surface area contributed by atoms with Crippen LogP contribution in [0.2, 0.25) is 0 Å². The number of phenols is 1. The molecule has 0 saturated carbocycles. The van der Waals surface area contributed by atoms with Gasteiger partial charge in [0.2, 0.25) is 0 Å². The lowest BCUT2D eigenvalue weighted by atomic mass is 10.1. The van der Waals surface area contributed by atoms with E-state index in [0.717, 1.165) is 28.9 Å². The van der Waals surface area contributed by atoms with E-state index in [-0.39, 0.29) is 26.2 Å². The molecule has 1 fully saturated rings. The van der Waals surface area contributed by atoms with Gasteiger partial charge in [-0.1, -0.05) is 23.9 Å². The second kappa shape index (κ2) is 7.64. The van der Waals surface area contributed by atoms with Crippen molar-refractivity contribution in [2.75, 3.05) is 0 Å². The van der Waals surface area contributed by atoms with Gasteiger partial charge in [0.05, 0.1) is 16.0 Å². The molecule has 1 aliphatic rings. The minimum Gasteiger partial charge on any atom is -0.507 e. The molecule has 10 heteroatoms. The summed E-state index contributed by atoms with van der Waals surface area (Å²) in [5.41, 5.74) is 0.474. The number of non-ortho nitro benzene ring substituents is 1. The number of thioether (sulfide) groups is 1. The highest BCUT2D eigenvalue weighted by Crippen LogP contribution is 2.35. The van der Waals surface area contributed by atoms with E-state index in [1.807, 2.05) is 0 Å². The molecule has 1 N–H and O–H groups in total. The molecule has 0 atom stereocenters. The summed E-state index contributed by atoms with van der Waals surface area (Å²) in [6.45, 7) is 0. The summed E-state index contributed by atoms with van der Waals surface area (Å²) in [5, 5.41) is 25.7. The van der Waals surface area contributed by atoms with Gasteiger partial charge in [-0.3, -0.25) is 14.9 Å². The summed E-state index contributed by atoms with van der Waals surface area (Å²) < 4.78 is 13.1. The summed E-state index contributed by atoms with van der Waals surface area (Å²) in [6, 6.07) is 9.00. The minimum absolute atomic E-state index is 0.118. The molecule has 2 aromatic rings. The Morgan fingerprint density at radius 1 is 1.26 bits per heavy atom. The van der Waals surface area contributed by atoms with E-state index in [9.17, 15) is 24.4 Å². The fraction of sp³-hybridized carbons (Fsp3) is 0. The number of nitro groups is 1. The highest BCUT2D eigenvalue weighted by atomic mass is 32.2. The van der Waals surface area contributed by atoms with Crippen molar-refractivity contribution < 1.29 is 19.2 Å². The number of amides is 1. The van der Waals surface area contributed by atoms with Crippen molar-refractivity contribution in [2.24, 2.45) is 5.10 Å². The first kappa shape index (κ1) is 18.7. The number of benzene rings is 2. The van der Waals surface area contributed by atoms with E-state index in [0.29, 0.717) is 5.56 Å². The average molecular weight is 403 g/mol. The number of halogens is 1. The highest BCUT2D eigenvalue weighted by molar-refractivity contribution is 8.26. The van der Waals surface area contributed by atoms with E-state index in [1.165, 1.54) is 42.6 Å². The van der Waals surface area contributed by atoms with Crippen LogP contribution >= 0.6 is 24.0 Å². The van der Waals surface area contributed by atoms with Crippen LogP contribution in [0.1, 0.15) is 11.1 Å². The molecule has 0 aliphatic carbocycles. The van der Waals surface area contributed by atoms with E-state index in [2.05, 4.69) is 5.10 Å². The lowest BCUT2D eigenvalue weighted by molar-refractivity contribution is -0.384. The molecule has 0 radical (unpaired) electrons. The molecule has 1 heterocycles. The Morgan fingerprint density at radius 2 is 1.96 bits per heavy atom. The average Bonchev–Trinajstić information content (AvgIpc) is 2.89. The summed E-state index contributed by atoms with van der Waals surface area (Å²) in [5.74, 6) is -1.13. The van der Waals surface area contributed by atoms with Crippen LogP contribution < -0.4 is 0 Å². The molecule has 0 spiro atoms. The van der Waals surface area contributed by atoms with Crippen molar-refractivity contribution >= 4 is 52.2 Å². The first-order valence-corrected chi connectivity index (χ1v) is 8.62. The normalized spacial score (nSPS) is 15.9. The number of aromatic hydroxyl groups is 1. The second-order valence-corrected chi connectivity index (χ2v) is 6.97. The van der Waals surface area contributed by atoms with E-state index in [1.54, 1.807) is 0 Å². The SMILES string of the molecule is O=C1/C(=C\c2cc([N+](=O)[O-])ccc2O)SC(=S)N1/N=C/c1ccc(F)cc1. The van der Waals surface area contributed by atoms with E-state index < -0.39 is 16.6 Å². The maximum absolute atomic E-state index is 12.9. The van der Waals surface area contributed by atoms with Crippen LogP contribution in [0, 0.1) is 15.9 Å². The van der Waals surface area contributed by atoms with Gasteiger partial charge in [0.15, 0.2) is 4.32 Å². The maximum Gasteiger partial charge on any atom is 0.286 e. The number of hydrogen-bond donors (Lipinski definition) is 1. The number of nitro benzene ring substituents is 1. The maximum atomic E-state index is 12.9. The summed E-state index contributed by atoms with van der Waals surface area (Å²) >= 11 is 6.08. The predicted octanol–water partition coefficient (Wildman–Crippen LogP) is 3.67. The summed E-state index contributed by atoms with van der Waals surface area (Å²) in [7, 11) is 0. The van der Waals surface area contributed by atoms with Crippen LogP contribution in [0.25, 0.3) is 6.08 Å². The molecule has 1 amide bonds. The predicted molar refractivity (Wildman–Crippen MR) is 104 cm³/mol. The molecule has 0 bridgehead atoms. The zero-order valence-corrected chi connectivity index (χ0v) is 15.0. The monoisotopic (exact) mass is 403 g/mol.